The third-order valence-electron chi connectivity index (χ3n) is 4.87. The molecule has 3 rings (SSSR count). The molecule has 0 aromatic carbocycles. The van der Waals surface area contributed by atoms with E-state index in [-0.39, 0.29) is 23.2 Å². The van der Waals surface area contributed by atoms with Crippen LogP contribution in [0.1, 0.15) is 36.3 Å². The largest absolute Gasteiger partial charge is 0.335 e. The van der Waals surface area contributed by atoms with Gasteiger partial charge in [-0.1, -0.05) is 11.3 Å². The minimum absolute atomic E-state index is 0. The Balaban J connectivity index is 0.00000176. The Bertz CT molecular complexity index is 584. The molecule has 1 N–H and O–H groups in total. The minimum Gasteiger partial charge on any atom is -0.335 e. The van der Waals surface area contributed by atoms with E-state index in [1.807, 2.05) is 13.8 Å². The molecule has 2 atom stereocenters. The summed E-state index contributed by atoms with van der Waals surface area (Å²) in [5.74, 6) is 0.210. The topological polar surface area (TPSA) is 54.3 Å². The second-order valence-electron chi connectivity index (χ2n) is 6.09. The Labute approximate surface area is 141 Å². The van der Waals surface area contributed by atoms with Crippen molar-refractivity contribution in [3.05, 3.63) is 20.2 Å². The van der Waals surface area contributed by atoms with Crippen molar-refractivity contribution in [2.24, 2.45) is 0 Å². The van der Waals surface area contributed by atoms with Crippen LogP contribution in [0, 0.1) is 13.8 Å². The molecular formula is C15H24ClN3O2S. The zero-order valence-electron chi connectivity index (χ0n) is 13.1. The van der Waals surface area contributed by atoms with Gasteiger partial charge < -0.3 is 14.8 Å². The third kappa shape index (κ3) is 3.24. The predicted octanol–water partition coefficient (Wildman–Crippen LogP) is 1.69. The highest BCUT2D eigenvalue weighted by molar-refractivity contribution is 7.09. The summed E-state index contributed by atoms with van der Waals surface area (Å²) >= 11 is 1.27. The normalized spacial score (nSPS) is 24.0. The van der Waals surface area contributed by atoms with Gasteiger partial charge in [-0.15, -0.1) is 12.4 Å². The quantitative estimate of drug-likeness (QED) is 0.907. The molecule has 5 nitrogen and oxygen atoms in total. The number of carbonyl (C=O) groups is 1. The predicted molar refractivity (Wildman–Crippen MR) is 91.1 cm³/mol. The first-order valence-electron chi connectivity index (χ1n) is 7.76. The molecule has 2 fully saturated rings. The first-order valence-corrected chi connectivity index (χ1v) is 8.58. The van der Waals surface area contributed by atoms with Crippen LogP contribution in [0.2, 0.25) is 0 Å². The van der Waals surface area contributed by atoms with Crippen molar-refractivity contribution < 1.29 is 4.79 Å². The molecule has 1 aromatic rings. The van der Waals surface area contributed by atoms with Crippen LogP contribution < -0.4 is 10.2 Å². The molecule has 0 spiro atoms. The number of aryl methyl sites for hydroxylation is 1. The van der Waals surface area contributed by atoms with Crippen molar-refractivity contribution in [2.45, 2.75) is 58.2 Å². The Hall–Kier alpha value is -0.850. The van der Waals surface area contributed by atoms with E-state index in [9.17, 15) is 9.59 Å². The fourth-order valence-corrected chi connectivity index (χ4v) is 4.43. The first kappa shape index (κ1) is 17.5. The molecule has 2 bridgehead atoms. The maximum atomic E-state index is 12.6. The second-order valence-corrected chi connectivity index (χ2v) is 7.26. The van der Waals surface area contributed by atoms with E-state index in [4.69, 9.17) is 0 Å². The van der Waals surface area contributed by atoms with Gasteiger partial charge in [-0.2, -0.15) is 0 Å². The van der Waals surface area contributed by atoms with E-state index in [0.717, 1.165) is 42.9 Å². The molecule has 0 saturated carbocycles. The summed E-state index contributed by atoms with van der Waals surface area (Å²) in [6.07, 6.45) is 3.73. The van der Waals surface area contributed by atoms with Crippen molar-refractivity contribution in [3.8, 4) is 0 Å². The molecule has 2 aliphatic heterocycles. The highest BCUT2D eigenvalue weighted by Gasteiger charge is 2.37. The van der Waals surface area contributed by atoms with Gasteiger partial charge in [-0.05, 0) is 39.7 Å². The van der Waals surface area contributed by atoms with Crippen molar-refractivity contribution in [1.82, 2.24) is 14.8 Å². The minimum atomic E-state index is 0. The van der Waals surface area contributed by atoms with E-state index in [0.29, 0.717) is 25.0 Å². The van der Waals surface area contributed by atoms with E-state index in [1.165, 1.54) is 11.3 Å². The molecule has 2 saturated heterocycles. The van der Waals surface area contributed by atoms with Crippen LogP contribution in [-0.2, 0) is 11.3 Å². The molecule has 2 aliphatic rings. The summed E-state index contributed by atoms with van der Waals surface area (Å²) in [6, 6.07) is 0.756. The number of carbonyl (C=O) groups excluding carboxylic acids is 1. The Kier molecular flexibility index (Phi) is 5.69. The number of rotatable bonds is 3. The molecule has 7 heteroatoms. The zero-order chi connectivity index (χ0) is 15.0. The fourth-order valence-electron chi connectivity index (χ4n) is 3.57. The number of fused-ring (bicyclic) bond motifs is 2. The molecule has 22 heavy (non-hydrogen) atoms. The van der Waals surface area contributed by atoms with Gasteiger partial charge in [0.15, 0.2) is 0 Å². The smallest absolute Gasteiger partial charge is 0.307 e. The van der Waals surface area contributed by atoms with Crippen molar-refractivity contribution in [3.63, 3.8) is 0 Å². The van der Waals surface area contributed by atoms with Crippen LogP contribution >= 0.6 is 23.7 Å². The standard InChI is InChI=1S/C15H23N3O2S.ClH/c1-10-11(2)21-15(20)17(10)8-6-14(19)18-12-3-4-13(18)9-16-7-5-12;/h12-13,16H,3-9H2,1-2H3;1H. The lowest BCUT2D eigenvalue weighted by Gasteiger charge is -2.28. The monoisotopic (exact) mass is 345 g/mol. The second kappa shape index (κ2) is 7.15. The summed E-state index contributed by atoms with van der Waals surface area (Å²) in [6.45, 7) is 6.35. The number of hydrogen-bond donors (Lipinski definition) is 1. The van der Waals surface area contributed by atoms with Gasteiger partial charge in [-0.3, -0.25) is 9.59 Å². The SMILES string of the molecule is Cc1sc(=O)n(CCC(=O)N2C3CCNCC2CC3)c1C.Cl. The highest BCUT2D eigenvalue weighted by atomic mass is 35.5. The van der Waals surface area contributed by atoms with Crippen LogP contribution in [0.3, 0.4) is 0 Å². The molecule has 0 aliphatic carbocycles. The highest BCUT2D eigenvalue weighted by Crippen LogP contribution is 2.28. The van der Waals surface area contributed by atoms with Gasteiger partial charge in [0.1, 0.15) is 0 Å². The number of thiazole rings is 1. The van der Waals surface area contributed by atoms with Gasteiger partial charge in [-0.25, -0.2) is 0 Å². The molecule has 3 heterocycles. The van der Waals surface area contributed by atoms with Gasteiger partial charge >= 0.3 is 4.87 Å². The lowest BCUT2D eigenvalue weighted by Crippen LogP contribution is -2.43. The number of nitrogens with zero attached hydrogens (tertiary/aromatic N) is 2. The summed E-state index contributed by atoms with van der Waals surface area (Å²) in [4.78, 5) is 27.7. The average molecular weight is 346 g/mol. The summed E-state index contributed by atoms with van der Waals surface area (Å²) in [5.41, 5.74) is 0.998. The van der Waals surface area contributed by atoms with Crippen LogP contribution in [0.5, 0.6) is 0 Å². The molecule has 0 radical (unpaired) electrons. The van der Waals surface area contributed by atoms with Gasteiger partial charge in [0, 0.05) is 42.2 Å². The van der Waals surface area contributed by atoms with Gasteiger partial charge in [0.25, 0.3) is 0 Å². The van der Waals surface area contributed by atoms with Gasteiger partial charge in [0.05, 0.1) is 0 Å². The van der Waals surface area contributed by atoms with Crippen LogP contribution in [0.4, 0.5) is 0 Å². The zero-order valence-corrected chi connectivity index (χ0v) is 14.8. The van der Waals surface area contributed by atoms with Crippen molar-refractivity contribution >= 4 is 29.7 Å². The summed E-state index contributed by atoms with van der Waals surface area (Å²) < 4.78 is 1.75. The molecule has 2 unspecified atom stereocenters. The van der Waals surface area contributed by atoms with E-state index in [2.05, 4.69) is 10.2 Å². The molecule has 1 aromatic heterocycles. The van der Waals surface area contributed by atoms with Crippen LogP contribution in [-0.4, -0.2) is 40.5 Å². The Morgan fingerprint density at radius 1 is 1.27 bits per heavy atom. The molecule has 1 amide bonds. The van der Waals surface area contributed by atoms with E-state index in [1.54, 1.807) is 4.57 Å². The number of aromatic nitrogens is 1. The van der Waals surface area contributed by atoms with E-state index >= 15 is 0 Å². The fraction of sp³-hybridized carbons (Fsp3) is 0.733. The number of amides is 1. The maximum absolute atomic E-state index is 12.6. The first-order chi connectivity index (χ1) is 10.1. The number of nitrogens with one attached hydrogen (secondary N) is 1. The maximum Gasteiger partial charge on any atom is 0.307 e. The van der Waals surface area contributed by atoms with E-state index < -0.39 is 0 Å². The van der Waals surface area contributed by atoms with Gasteiger partial charge in [0.2, 0.25) is 5.91 Å². The number of halogens is 1. The lowest BCUT2D eigenvalue weighted by molar-refractivity contribution is -0.134. The van der Waals surface area contributed by atoms with Crippen molar-refractivity contribution in [1.29, 1.82) is 0 Å². The molecule has 124 valence electrons. The Morgan fingerprint density at radius 2 is 2.00 bits per heavy atom. The van der Waals surface area contributed by atoms with Crippen LogP contribution in [0.15, 0.2) is 4.79 Å². The number of hydrogen-bond acceptors (Lipinski definition) is 4. The summed E-state index contributed by atoms with van der Waals surface area (Å²) in [7, 11) is 0. The lowest BCUT2D eigenvalue weighted by atomic mass is 10.1. The average Bonchev–Trinajstić information content (AvgIpc) is 2.83. The Morgan fingerprint density at radius 3 is 2.68 bits per heavy atom. The van der Waals surface area contributed by atoms with Crippen LogP contribution in [0.25, 0.3) is 0 Å². The van der Waals surface area contributed by atoms with Crippen molar-refractivity contribution in [2.75, 3.05) is 13.1 Å². The summed E-state index contributed by atoms with van der Waals surface area (Å²) in [5, 5.41) is 3.41. The third-order valence-corrected chi connectivity index (χ3v) is 5.86. The molecular weight excluding hydrogens is 322 g/mol.